The Bertz CT molecular complexity index is 734. The fourth-order valence-corrected chi connectivity index (χ4v) is 3.70. The number of hydrogen-bond acceptors (Lipinski definition) is 3. The summed E-state index contributed by atoms with van der Waals surface area (Å²) in [7, 11) is 0. The Kier molecular flexibility index (Phi) is 5.23. The highest BCUT2D eigenvalue weighted by atomic mass is 16.2. The molecule has 1 aliphatic heterocycles. The van der Waals surface area contributed by atoms with E-state index in [9.17, 15) is 4.79 Å². The van der Waals surface area contributed by atoms with Crippen molar-refractivity contribution in [3.05, 3.63) is 53.1 Å². The van der Waals surface area contributed by atoms with Crippen LogP contribution < -0.4 is 0 Å². The molecule has 1 amide bonds. The third-order valence-corrected chi connectivity index (χ3v) is 5.28. The number of rotatable bonds is 5. The van der Waals surface area contributed by atoms with Gasteiger partial charge in [-0.2, -0.15) is 0 Å². The van der Waals surface area contributed by atoms with Crippen LogP contribution in [0.1, 0.15) is 42.7 Å². The van der Waals surface area contributed by atoms with Crippen LogP contribution in [0.15, 0.2) is 30.3 Å². The van der Waals surface area contributed by atoms with Gasteiger partial charge in [0.1, 0.15) is 11.9 Å². The van der Waals surface area contributed by atoms with E-state index in [1.54, 1.807) is 0 Å². The van der Waals surface area contributed by atoms with E-state index < -0.39 is 0 Å². The third-order valence-electron chi connectivity index (χ3n) is 5.28. The Morgan fingerprint density at radius 1 is 1.16 bits per heavy atom. The molecule has 5 heteroatoms. The second-order valence-corrected chi connectivity index (χ2v) is 6.64. The van der Waals surface area contributed by atoms with Gasteiger partial charge in [0.25, 0.3) is 0 Å². The molecule has 25 heavy (non-hydrogen) atoms. The monoisotopic (exact) mass is 340 g/mol. The molecular formula is C20H28N4O. The first-order chi connectivity index (χ1) is 12.1. The zero-order chi connectivity index (χ0) is 18.0. The molecule has 1 aliphatic rings. The summed E-state index contributed by atoms with van der Waals surface area (Å²) in [5, 5.41) is 0. The maximum absolute atomic E-state index is 13.2. The number of likely N-dealkylation sites (N-methyl/N-ethyl adjacent to an activating group) is 1. The van der Waals surface area contributed by atoms with Gasteiger partial charge in [0.05, 0.1) is 12.2 Å². The minimum atomic E-state index is -0.243. The Morgan fingerprint density at radius 2 is 1.84 bits per heavy atom. The lowest BCUT2D eigenvalue weighted by Crippen LogP contribution is -2.45. The van der Waals surface area contributed by atoms with Crippen LogP contribution in [-0.2, 0) is 17.9 Å². The normalized spacial score (nSPS) is 15.7. The molecule has 3 rings (SSSR count). The number of fused-ring (bicyclic) bond motifs is 1. The number of amides is 1. The molecule has 0 N–H and O–H groups in total. The molecule has 1 aromatic heterocycles. The summed E-state index contributed by atoms with van der Waals surface area (Å²) in [6, 6.07) is 9.89. The minimum absolute atomic E-state index is 0.185. The van der Waals surface area contributed by atoms with E-state index >= 15 is 0 Å². The highest BCUT2D eigenvalue weighted by Crippen LogP contribution is 2.28. The van der Waals surface area contributed by atoms with E-state index in [0.29, 0.717) is 6.54 Å². The van der Waals surface area contributed by atoms with Gasteiger partial charge in [0.15, 0.2) is 0 Å². The van der Waals surface area contributed by atoms with Crippen LogP contribution in [0, 0.1) is 13.8 Å². The van der Waals surface area contributed by atoms with Crippen molar-refractivity contribution >= 4 is 5.91 Å². The average Bonchev–Trinajstić information content (AvgIpc) is 2.91. The van der Waals surface area contributed by atoms with Crippen LogP contribution in [0.3, 0.4) is 0 Å². The van der Waals surface area contributed by atoms with Gasteiger partial charge in [-0.15, -0.1) is 0 Å². The number of nitrogens with zero attached hydrogens (tertiary/aromatic N) is 4. The van der Waals surface area contributed by atoms with Crippen molar-refractivity contribution in [3.8, 4) is 0 Å². The number of aromatic nitrogens is 2. The van der Waals surface area contributed by atoms with E-state index in [1.165, 1.54) is 5.69 Å². The minimum Gasteiger partial charge on any atom is -0.342 e. The van der Waals surface area contributed by atoms with Crippen molar-refractivity contribution in [1.82, 2.24) is 19.4 Å². The summed E-state index contributed by atoms with van der Waals surface area (Å²) in [5.74, 6) is 1.25. The third kappa shape index (κ3) is 3.33. The molecule has 1 atom stereocenters. The lowest BCUT2D eigenvalue weighted by Gasteiger charge is -2.36. The van der Waals surface area contributed by atoms with Crippen molar-refractivity contribution in [3.63, 3.8) is 0 Å². The molecule has 0 aliphatic carbocycles. The predicted octanol–water partition coefficient (Wildman–Crippen LogP) is 2.93. The summed E-state index contributed by atoms with van der Waals surface area (Å²) in [5.41, 5.74) is 3.39. The fraction of sp³-hybridized carbons (Fsp3) is 0.500. The number of carbonyl (C=O) groups is 1. The summed E-state index contributed by atoms with van der Waals surface area (Å²) >= 11 is 0. The Morgan fingerprint density at radius 3 is 2.48 bits per heavy atom. The van der Waals surface area contributed by atoms with E-state index in [2.05, 4.69) is 35.4 Å². The van der Waals surface area contributed by atoms with E-state index in [-0.39, 0.29) is 11.9 Å². The zero-order valence-electron chi connectivity index (χ0n) is 15.7. The summed E-state index contributed by atoms with van der Waals surface area (Å²) in [6.07, 6.45) is 0. The SMILES string of the molecule is CCN(CC)C(=O)[C@@H](c1ccccc1)N1CCn2c(nc(C)c2C)C1. The predicted molar refractivity (Wildman–Crippen MR) is 99.2 cm³/mol. The molecule has 2 heterocycles. The van der Waals surface area contributed by atoms with Crippen LogP contribution in [0.5, 0.6) is 0 Å². The van der Waals surface area contributed by atoms with Gasteiger partial charge >= 0.3 is 0 Å². The van der Waals surface area contributed by atoms with Gasteiger partial charge in [-0.05, 0) is 33.3 Å². The lowest BCUT2D eigenvalue weighted by atomic mass is 10.0. The van der Waals surface area contributed by atoms with E-state index in [0.717, 1.165) is 43.3 Å². The Balaban J connectivity index is 1.94. The zero-order valence-corrected chi connectivity index (χ0v) is 15.7. The average molecular weight is 340 g/mol. The molecule has 0 saturated carbocycles. The summed E-state index contributed by atoms with van der Waals surface area (Å²) < 4.78 is 2.29. The molecule has 0 fully saturated rings. The van der Waals surface area contributed by atoms with Crippen molar-refractivity contribution < 1.29 is 4.79 Å². The molecule has 0 spiro atoms. The van der Waals surface area contributed by atoms with Crippen molar-refractivity contribution in [2.24, 2.45) is 0 Å². The maximum Gasteiger partial charge on any atom is 0.244 e. The molecule has 1 aromatic carbocycles. The highest BCUT2D eigenvalue weighted by Gasteiger charge is 2.33. The molecule has 0 bridgehead atoms. The van der Waals surface area contributed by atoms with Gasteiger partial charge in [0.2, 0.25) is 5.91 Å². The van der Waals surface area contributed by atoms with Gasteiger partial charge in [0, 0.05) is 31.9 Å². The van der Waals surface area contributed by atoms with E-state index in [1.807, 2.05) is 36.9 Å². The largest absolute Gasteiger partial charge is 0.342 e. The molecule has 2 aromatic rings. The molecule has 0 radical (unpaired) electrons. The number of imidazole rings is 1. The van der Waals surface area contributed by atoms with Crippen LogP contribution in [0.2, 0.25) is 0 Å². The number of aryl methyl sites for hydroxylation is 1. The smallest absolute Gasteiger partial charge is 0.244 e. The molecule has 5 nitrogen and oxygen atoms in total. The van der Waals surface area contributed by atoms with Gasteiger partial charge in [-0.3, -0.25) is 9.69 Å². The topological polar surface area (TPSA) is 41.4 Å². The Hall–Kier alpha value is -2.14. The fourth-order valence-electron chi connectivity index (χ4n) is 3.70. The second kappa shape index (κ2) is 7.40. The highest BCUT2D eigenvalue weighted by molar-refractivity contribution is 5.83. The van der Waals surface area contributed by atoms with Crippen LogP contribution >= 0.6 is 0 Å². The second-order valence-electron chi connectivity index (χ2n) is 6.64. The van der Waals surface area contributed by atoms with Crippen LogP contribution in [-0.4, -0.2) is 44.9 Å². The van der Waals surface area contributed by atoms with Gasteiger partial charge in [-0.25, -0.2) is 4.98 Å². The summed E-state index contributed by atoms with van der Waals surface area (Å²) in [6.45, 7) is 12.2. The van der Waals surface area contributed by atoms with Gasteiger partial charge < -0.3 is 9.47 Å². The Labute approximate surface area is 150 Å². The first kappa shape index (κ1) is 17.7. The standard InChI is InChI=1S/C20H28N4O/c1-5-22(6-2)20(25)19(17-10-8-7-9-11-17)23-12-13-24-16(4)15(3)21-18(24)14-23/h7-11,19H,5-6,12-14H2,1-4H3/t19-/m1/s1. The molecular weight excluding hydrogens is 312 g/mol. The number of carbonyl (C=O) groups excluding carboxylic acids is 1. The molecule has 134 valence electrons. The number of benzene rings is 1. The lowest BCUT2D eigenvalue weighted by molar-refractivity contribution is -0.137. The van der Waals surface area contributed by atoms with Crippen molar-refractivity contribution in [2.45, 2.75) is 46.8 Å². The van der Waals surface area contributed by atoms with Crippen molar-refractivity contribution in [2.75, 3.05) is 19.6 Å². The first-order valence-corrected chi connectivity index (χ1v) is 9.17. The maximum atomic E-state index is 13.2. The molecule has 0 unspecified atom stereocenters. The van der Waals surface area contributed by atoms with Gasteiger partial charge in [-0.1, -0.05) is 30.3 Å². The first-order valence-electron chi connectivity index (χ1n) is 9.17. The number of hydrogen-bond donors (Lipinski definition) is 0. The molecule has 0 saturated heterocycles. The van der Waals surface area contributed by atoms with Crippen LogP contribution in [0.4, 0.5) is 0 Å². The van der Waals surface area contributed by atoms with E-state index in [4.69, 9.17) is 4.98 Å². The summed E-state index contributed by atoms with van der Waals surface area (Å²) in [4.78, 5) is 22.2. The van der Waals surface area contributed by atoms with Crippen molar-refractivity contribution in [1.29, 1.82) is 0 Å². The quantitative estimate of drug-likeness (QED) is 0.840. The van der Waals surface area contributed by atoms with Crippen LogP contribution in [0.25, 0.3) is 0 Å².